The molecule has 0 fully saturated rings. The van der Waals surface area contributed by atoms with Gasteiger partial charge >= 0.3 is 0 Å². The Morgan fingerprint density at radius 2 is 2.15 bits per heavy atom. The van der Waals surface area contributed by atoms with Crippen molar-refractivity contribution >= 4 is 5.84 Å². The van der Waals surface area contributed by atoms with Gasteiger partial charge < -0.3 is 11.5 Å². The molecule has 3 nitrogen and oxygen atoms in total. The van der Waals surface area contributed by atoms with Crippen molar-refractivity contribution in [1.29, 1.82) is 0 Å². The van der Waals surface area contributed by atoms with Gasteiger partial charge in [-0.25, -0.2) is 4.99 Å². The molecule has 0 aliphatic rings. The van der Waals surface area contributed by atoms with Gasteiger partial charge in [0.2, 0.25) is 0 Å². The van der Waals surface area contributed by atoms with Crippen molar-refractivity contribution in [3.8, 4) is 0 Å². The molecule has 0 rings (SSSR count). The van der Waals surface area contributed by atoms with Gasteiger partial charge in [-0.15, -0.1) is 0 Å². The lowest BCUT2D eigenvalue weighted by atomic mass is 10.00. The number of amidine groups is 1. The first-order chi connectivity index (χ1) is 6.10. The summed E-state index contributed by atoms with van der Waals surface area (Å²) >= 11 is 0. The van der Waals surface area contributed by atoms with Crippen LogP contribution in [0.15, 0.2) is 16.8 Å². The molecule has 76 valence electrons. The Bertz CT molecular complexity index is 190. The minimum Gasteiger partial charge on any atom is -0.387 e. The Balaban J connectivity index is 4.17. The van der Waals surface area contributed by atoms with E-state index in [0.717, 1.165) is 6.42 Å². The largest absolute Gasteiger partial charge is 0.387 e. The Kier molecular flexibility index (Phi) is 6.24. The summed E-state index contributed by atoms with van der Waals surface area (Å²) in [6.07, 6.45) is 3.98. The van der Waals surface area contributed by atoms with Gasteiger partial charge in [0.25, 0.3) is 0 Å². The van der Waals surface area contributed by atoms with E-state index in [-0.39, 0.29) is 0 Å². The molecule has 1 atom stereocenters. The van der Waals surface area contributed by atoms with Crippen molar-refractivity contribution in [3.05, 3.63) is 11.8 Å². The predicted octanol–water partition coefficient (Wildman–Crippen LogP) is 1.64. The fourth-order valence-electron chi connectivity index (χ4n) is 0.974. The number of hydrogen-bond donors (Lipinski definition) is 2. The minimum absolute atomic E-state index is 0.571. The second-order valence-electron chi connectivity index (χ2n) is 3.48. The lowest BCUT2D eigenvalue weighted by Crippen LogP contribution is -2.08. The summed E-state index contributed by atoms with van der Waals surface area (Å²) in [6.45, 7) is 6.73. The highest BCUT2D eigenvalue weighted by molar-refractivity contribution is 5.78. The van der Waals surface area contributed by atoms with Crippen LogP contribution < -0.4 is 11.5 Å². The topological polar surface area (TPSA) is 64.4 Å². The average Bonchev–Trinajstić information content (AvgIpc) is 2.11. The highest BCUT2D eigenvalue weighted by Gasteiger charge is 2.01. The van der Waals surface area contributed by atoms with Crippen LogP contribution in [-0.4, -0.2) is 12.4 Å². The van der Waals surface area contributed by atoms with Gasteiger partial charge in [0.15, 0.2) is 0 Å². The first-order valence-corrected chi connectivity index (χ1v) is 4.78. The van der Waals surface area contributed by atoms with E-state index in [9.17, 15) is 0 Å². The van der Waals surface area contributed by atoms with Gasteiger partial charge in [0.05, 0.1) is 5.84 Å². The van der Waals surface area contributed by atoms with Crippen LogP contribution in [0, 0.1) is 5.92 Å². The monoisotopic (exact) mass is 183 g/mol. The molecule has 0 spiro atoms. The van der Waals surface area contributed by atoms with Crippen molar-refractivity contribution in [2.75, 3.05) is 6.54 Å². The molecule has 0 radical (unpaired) electrons. The molecule has 1 unspecified atom stereocenters. The van der Waals surface area contributed by atoms with Gasteiger partial charge in [0, 0.05) is 12.7 Å². The van der Waals surface area contributed by atoms with Gasteiger partial charge in [-0.05, 0) is 24.8 Å². The van der Waals surface area contributed by atoms with Crippen molar-refractivity contribution in [2.45, 2.75) is 33.6 Å². The quantitative estimate of drug-likeness (QED) is 0.502. The van der Waals surface area contributed by atoms with Gasteiger partial charge in [-0.3, -0.25) is 0 Å². The number of rotatable bonds is 5. The van der Waals surface area contributed by atoms with Crippen LogP contribution >= 0.6 is 0 Å². The third kappa shape index (κ3) is 6.34. The molecular weight excluding hydrogens is 162 g/mol. The lowest BCUT2D eigenvalue weighted by molar-refractivity contribution is 0.552. The van der Waals surface area contributed by atoms with Crippen molar-refractivity contribution in [1.82, 2.24) is 0 Å². The summed E-state index contributed by atoms with van der Waals surface area (Å²) in [5.74, 6) is 1.25. The third-order valence-corrected chi connectivity index (χ3v) is 2.02. The van der Waals surface area contributed by atoms with Gasteiger partial charge in [0.1, 0.15) is 0 Å². The normalized spacial score (nSPS) is 16.0. The van der Waals surface area contributed by atoms with Crippen LogP contribution in [0.1, 0.15) is 33.6 Å². The SMILES string of the molecule is CCC(C)C/C(=C\N=C(C)N)CN. The van der Waals surface area contributed by atoms with Gasteiger partial charge in [-0.1, -0.05) is 20.3 Å². The van der Waals surface area contributed by atoms with E-state index in [4.69, 9.17) is 11.5 Å². The summed E-state index contributed by atoms with van der Waals surface area (Å²) in [5.41, 5.74) is 12.2. The van der Waals surface area contributed by atoms with Crippen LogP contribution in [0.3, 0.4) is 0 Å². The van der Waals surface area contributed by atoms with E-state index >= 15 is 0 Å². The van der Waals surface area contributed by atoms with Crippen molar-refractivity contribution < 1.29 is 0 Å². The van der Waals surface area contributed by atoms with Crippen molar-refractivity contribution in [3.63, 3.8) is 0 Å². The maximum absolute atomic E-state index is 5.58. The molecule has 0 heterocycles. The predicted molar refractivity (Wildman–Crippen MR) is 58.5 cm³/mol. The van der Waals surface area contributed by atoms with E-state index in [2.05, 4.69) is 18.8 Å². The molecule has 0 aromatic carbocycles. The molecule has 0 saturated heterocycles. The molecule has 0 bridgehead atoms. The first-order valence-electron chi connectivity index (χ1n) is 4.78. The molecule has 0 aliphatic carbocycles. The highest BCUT2D eigenvalue weighted by atomic mass is 14.8. The maximum Gasteiger partial charge on any atom is 0.0957 e. The molecule has 0 saturated carbocycles. The fraction of sp³-hybridized carbons (Fsp3) is 0.700. The maximum atomic E-state index is 5.58. The van der Waals surface area contributed by atoms with Gasteiger partial charge in [-0.2, -0.15) is 0 Å². The van der Waals surface area contributed by atoms with E-state index < -0.39 is 0 Å². The minimum atomic E-state index is 0.571. The number of nitrogens with zero attached hydrogens (tertiary/aromatic N) is 1. The molecule has 4 N–H and O–H groups in total. The van der Waals surface area contributed by atoms with E-state index in [1.54, 1.807) is 13.1 Å². The second-order valence-corrected chi connectivity index (χ2v) is 3.48. The first kappa shape index (κ1) is 12.2. The molecule has 0 aromatic heterocycles. The van der Waals surface area contributed by atoms with E-state index in [1.807, 2.05) is 0 Å². The van der Waals surface area contributed by atoms with E-state index in [0.29, 0.717) is 18.3 Å². The Labute approximate surface area is 80.9 Å². The number of nitrogens with two attached hydrogens (primary N) is 2. The van der Waals surface area contributed by atoms with Crippen LogP contribution in [0.25, 0.3) is 0 Å². The standard InChI is InChI=1S/C10H21N3/c1-4-8(2)5-10(6-11)7-13-9(3)12/h7-8H,4-6,11H2,1-3H3,(H2,12,13)/b10-7+. The van der Waals surface area contributed by atoms with Crippen LogP contribution in [0.5, 0.6) is 0 Å². The fourth-order valence-corrected chi connectivity index (χ4v) is 0.974. The second kappa shape index (κ2) is 6.66. The zero-order valence-corrected chi connectivity index (χ0v) is 8.88. The molecule has 13 heavy (non-hydrogen) atoms. The van der Waals surface area contributed by atoms with Crippen LogP contribution in [0.4, 0.5) is 0 Å². The number of aliphatic imine (C=N–C) groups is 1. The van der Waals surface area contributed by atoms with Crippen LogP contribution in [0.2, 0.25) is 0 Å². The summed E-state index contributed by atoms with van der Waals surface area (Å²) < 4.78 is 0. The molecular formula is C10H21N3. The molecule has 0 amide bonds. The molecule has 3 heteroatoms. The highest BCUT2D eigenvalue weighted by Crippen LogP contribution is 2.13. The average molecular weight is 183 g/mol. The summed E-state index contributed by atoms with van der Waals surface area (Å²) in [7, 11) is 0. The number of hydrogen-bond acceptors (Lipinski definition) is 2. The Morgan fingerprint density at radius 3 is 2.54 bits per heavy atom. The van der Waals surface area contributed by atoms with E-state index in [1.165, 1.54) is 12.0 Å². The lowest BCUT2D eigenvalue weighted by Gasteiger charge is -2.09. The Hall–Kier alpha value is -0.830. The molecule has 0 aromatic rings. The summed E-state index contributed by atoms with van der Waals surface area (Å²) in [4.78, 5) is 4.04. The summed E-state index contributed by atoms with van der Waals surface area (Å²) in [5, 5.41) is 0. The third-order valence-electron chi connectivity index (χ3n) is 2.02. The smallest absolute Gasteiger partial charge is 0.0957 e. The zero-order chi connectivity index (χ0) is 10.3. The summed E-state index contributed by atoms with van der Waals surface area (Å²) in [6, 6.07) is 0. The molecule has 0 aliphatic heterocycles. The van der Waals surface area contributed by atoms with Crippen LogP contribution in [-0.2, 0) is 0 Å². The Morgan fingerprint density at radius 1 is 1.54 bits per heavy atom. The zero-order valence-electron chi connectivity index (χ0n) is 8.88. The van der Waals surface area contributed by atoms with Crippen molar-refractivity contribution in [2.24, 2.45) is 22.4 Å².